The van der Waals surface area contributed by atoms with E-state index < -0.39 is 18.2 Å². The van der Waals surface area contributed by atoms with Crippen LogP contribution in [0.15, 0.2) is 4.99 Å². The molecule has 134 valence electrons. The Labute approximate surface area is 138 Å². The fourth-order valence-corrected chi connectivity index (χ4v) is 2.12. The molecule has 0 saturated carbocycles. The van der Waals surface area contributed by atoms with Gasteiger partial charge in [-0.15, -0.1) is 0 Å². The molecular weight excluding hydrogens is 298 g/mol. The number of rotatable bonds is 11. The number of Topliss-reactive ketones (excluding diaryl/α,β-unsaturated/α-hetero) is 1. The summed E-state index contributed by atoms with van der Waals surface area (Å²) in [6, 6.07) is -1.33. The maximum absolute atomic E-state index is 12.3. The normalized spacial score (nSPS) is 14.9. The van der Waals surface area contributed by atoms with Crippen LogP contribution in [0.1, 0.15) is 47.0 Å². The molecule has 0 aromatic heterocycles. The van der Waals surface area contributed by atoms with Crippen molar-refractivity contribution < 1.29 is 14.7 Å². The number of nitrogens with one attached hydrogen (secondary N) is 2. The van der Waals surface area contributed by atoms with E-state index in [0.29, 0.717) is 25.8 Å². The molecule has 0 saturated heterocycles. The summed E-state index contributed by atoms with van der Waals surface area (Å²) in [5.74, 6) is -0.443. The van der Waals surface area contributed by atoms with Crippen LogP contribution >= 0.6 is 0 Å². The van der Waals surface area contributed by atoms with E-state index in [-0.39, 0.29) is 23.7 Å². The summed E-state index contributed by atoms with van der Waals surface area (Å²) in [6.07, 6.45) is 0.482. The van der Waals surface area contributed by atoms with Crippen molar-refractivity contribution >= 4 is 17.6 Å². The average Bonchev–Trinajstić information content (AvgIpc) is 2.46. The summed E-state index contributed by atoms with van der Waals surface area (Å²) in [6.45, 7) is 7.44. The molecular formula is C15H31N5O3. The van der Waals surface area contributed by atoms with Gasteiger partial charge in [-0.25, -0.2) is 0 Å². The molecule has 0 fully saturated rings. The van der Waals surface area contributed by atoms with Gasteiger partial charge in [0, 0.05) is 19.0 Å². The lowest BCUT2D eigenvalue weighted by molar-refractivity contribution is -0.130. The van der Waals surface area contributed by atoms with Crippen LogP contribution in [0.5, 0.6) is 0 Å². The van der Waals surface area contributed by atoms with Crippen molar-refractivity contribution in [2.45, 2.75) is 71.2 Å². The zero-order valence-corrected chi connectivity index (χ0v) is 14.5. The second-order valence-electron chi connectivity index (χ2n) is 5.87. The lowest BCUT2D eigenvalue weighted by atomic mass is 10.0. The van der Waals surface area contributed by atoms with E-state index in [1.807, 2.05) is 13.8 Å². The van der Waals surface area contributed by atoms with Crippen LogP contribution in [0.2, 0.25) is 0 Å². The lowest BCUT2D eigenvalue weighted by Crippen LogP contribution is -2.55. The first-order chi connectivity index (χ1) is 10.7. The minimum absolute atomic E-state index is 0.00251. The van der Waals surface area contributed by atoms with E-state index in [4.69, 9.17) is 11.5 Å². The largest absolute Gasteiger partial charge is 0.391 e. The standard InChI is InChI=1S/C15H31N5O3/c1-5-12(22)11(7-6-8-18-15(16)17)20-14(23)13(10(4)21)19-9(2)3/h9-11,13,19,21H,5-8H2,1-4H3,(H,20,23)(H4,16,17,18)/t10?,11-,13-/m0/s1. The summed E-state index contributed by atoms with van der Waals surface area (Å²) < 4.78 is 0. The molecule has 0 aliphatic carbocycles. The Morgan fingerprint density at radius 3 is 2.26 bits per heavy atom. The van der Waals surface area contributed by atoms with Gasteiger partial charge in [-0.1, -0.05) is 20.8 Å². The highest BCUT2D eigenvalue weighted by Crippen LogP contribution is 2.04. The third-order valence-electron chi connectivity index (χ3n) is 3.28. The Hall–Kier alpha value is -1.67. The van der Waals surface area contributed by atoms with Crippen LogP contribution < -0.4 is 22.1 Å². The molecule has 8 nitrogen and oxygen atoms in total. The molecule has 0 aliphatic rings. The highest BCUT2D eigenvalue weighted by atomic mass is 16.3. The molecule has 1 unspecified atom stereocenters. The molecule has 0 spiro atoms. The lowest BCUT2D eigenvalue weighted by Gasteiger charge is -2.25. The van der Waals surface area contributed by atoms with Crippen molar-refractivity contribution in [1.82, 2.24) is 10.6 Å². The molecule has 0 aliphatic heterocycles. The summed E-state index contributed by atoms with van der Waals surface area (Å²) in [5, 5.41) is 15.5. The van der Waals surface area contributed by atoms with Gasteiger partial charge < -0.3 is 27.2 Å². The number of nitrogens with two attached hydrogens (primary N) is 2. The average molecular weight is 329 g/mol. The van der Waals surface area contributed by atoms with Crippen LogP contribution in [0.25, 0.3) is 0 Å². The highest BCUT2D eigenvalue weighted by Gasteiger charge is 2.27. The fourth-order valence-electron chi connectivity index (χ4n) is 2.12. The predicted molar refractivity (Wildman–Crippen MR) is 90.9 cm³/mol. The summed E-state index contributed by atoms with van der Waals surface area (Å²) in [4.78, 5) is 28.2. The highest BCUT2D eigenvalue weighted by molar-refractivity contribution is 5.91. The number of ketones is 1. The van der Waals surface area contributed by atoms with Gasteiger partial charge >= 0.3 is 0 Å². The first-order valence-corrected chi connectivity index (χ1v) is 8.01. The minimum Gasteiger partial charge on any atom is -0.391 e. The number of hydrogen-bond donors (Lipinski definition) is 5. The Balaban J connectivity index is 4.76. The molecule has 3 atom stereocenters. The van der Waals surface area contributed by atoms with Gasteiger partial charge in [-0.2, -0.15) is 0 Å². The van der Waals surface area contributed by atoms with Gasteiger partial charge in [0.2, 0.25) is 5.91 Å². The maximum atomic E-state index is 12.3. The van der Waals surface area contributed by atoms with E-state index in [2.05, 4.69) is 15.6 Å². The third kappa shape index (κ3) is 9.14. The fraction of sp³-hybridized carbons (Fsp3) is 0.800. The van der Waals surface area contributed by atoms with Crippen LogP contribution in [-0.2, 0) is 9.59 Å². The first-order valence-electron chi connectivity index (χ1n) is 8.01. The number of carbonyl (C=O) groups excluding carboxylic acids is 2. The molecule has 0 heterocycles. The van der Waals surface area contributed by atoms with Gasteiger partial charge in [-0.3, -0.25) is 14.6 Å². The van der Waals surface area contributed by atoms with Crippen molar-refractivity contribution in [3.8, 4) is 0 Å². The van der Waals surface area contributed by atoms with Crippen molar-refractivity contribution in [1.29, 1.82) is 0 Å². The Morgan fingerprint density at radius 2 is 1.83 bits per heavy atom. The number of carbonyl (C=O) groups is 2. The van der Waals surface area contributed by atoms with Gasteiger partial charge in [0.25, 0.3) is 0 Å². The Bertz CT molecular complexity index is 406. The third-order valence-corrected chi connectivity index (χ3v) is 3.28. The Morgan fingerprint density at radius 1 is 1.22 bits per heavy atom. The molecule has 8 heteroatoms. The second kappa shape index (κ2) is 11.0. The number of amides is 1. The van der Waals surface area contributed by atoms with Crippen molar-refractivity contribution in [2.75, 3.05) is 6.54 Å². The molecule has 0 bridgehead atoms. The van der Waals surface area contributed by atoms with Crippen molar-refractivity contribution in [2.24, 2.45) is 16.5 Å². The van der Waals surface area contributed by atoms with E-state index in [1.165, 1.54) is 6.92 Å². The minimum atomic E-state index is -0.864. The number of aliphatic imine (C=N–C) groups is 1. The molecule has 0 aromatic carbocycles. The quantitative estimate of drug-likeness (QED) is 0.192. The number of nitrogens with zero attached hydrogens (tertiary/aromatic N) is 1. The number of aliphatic hydroxyl groups excluding tert-OH is 1. The monoisotopic (exact) mass is 329 g/mol. The van der Waals surface area contributed by atoms with Crippen LogP contribution in [0.3, 0.4) is 0 Å². The maximum Gasteiger partial charge on any atom is 0.240 e. The number of guanidine groups is 1. The number of aliphatic hydroxyl groups is 1. The summed E-state index contributed by atoms with van der Waals surface area (Å²) in [7, 11) is 0. The molecule has 0 aromatic rings. The van der Waals surface area contributed by atoms with Crippen molar-refractivity contribution in [3.63, 3.8) is 0 Å². The van der Waals surface area contributed by atoms with E-state index in [9.17, 15) is 14.7 Å². The zero-order valence-electron chi connectivity index (χ0n) is 14.5. The van der Waals surface area contributed by atoms with Gasteiger partial charge in [0.15, 0.2) is 11.7 Å². The molecule has 0 radical (unpaired) electrons. The molecule has 7 N–H and O–H groups in total. The van der Waals surface area contributed by atoms with Crippen LogP contribution in [0.4, 0.5) is 0 Å². The smallest absolute Gasteiger partial charge is 0.240 e. The van der Waals surface area contributed by atoms with Gasteiger partial charge in [-0.05, 0) is 19.8 Å². The summed E-state index contributed by atoms with van der Waals surface area (Å²) in [5.41, 5.74) is 10.5. The van der Waals surface area contributed by atoms with Gasteiger partial charge in [0.05, 0.1) is 12.1 Å². The van der Waals surface area contributed by atoms with E-state index in [1.54, 1.807) is 6.92 Å². The van der Waals surface area contributed by atoms with Crippen LogP contribution in [-0.4, -0.2) is 53.5 Å². The molecule has 23 heavy (non-hydrogen) atoms. The zero-order chi connectivity index (χ0) is 18.0. The van der Waals surface area contributed by atoms with Crippen LogP contribution in [0, 0.1) is 0 Å². The van der Waals surface area contributed by atoms with Crippen molar-refractivity contribution in [3.05, 3.63) is 0 Å². The van der Waals surface area contributed by atoms with E-state index >= 15 is 0 Å². The SMILES string of the molecule is CCC(=O)[C@H](CCCN=C(N)N)NC(=O)[C@@H](NC(C)C)C(C)O. The van der Waals surface area contributed by atoms with E-state index in [0.717, 1.165) is 0 Å². The molecule has 1 amide bonds. The number of hydrogen-bond acceptors (Lipinski definition) is 5. The summed E-state index contributed by atoms with van der Waals surface area (Å²) >= 11 is 0. The first kappa shape index (κ1) is 21.3. The second-order valence-corrected chi connectivity index (χ2v) is 5.87. The Kier molecular flexibility index (Phi) is 10.2. The topological polar surface area (TPSA) is 143 Å². The molecule has 0 rings (SSSR count). The predicted octanol–water partition coefficient (Wildman–Crippen LogP) is -0.749. The van der Waals surface area contributed by atoms with Gasteiger partial charge in [0.1, 0.15) is 6.04 Å².